The van der Waals surface area contributed by atoms with E-state index >= 15 is 0 Å². The summed E-state index contributed by atoms with van der Waals surface area (Å²) in [6, 6.07) is 0. The summed E-state index contributed by atoms with van der Waals surface area (Å²) >= 11 is 0. The first-order valence-corrected chi connectivity index (χ1v) is 9.95. The van der Waals surface area contributed by atoms with Crippen molar-refractivity contribution in [1.29, 1.82) is 0 Å². The molecule has 0 N–H and O–H groups in total. The maximum atomic E-state index is 6.51. The van der Waals surface area contributed by atoms with Gasteiger partial charge in [0.1, 0.15) is 0 Å². The van der Waals surface area contributed by atoms with Crippen LogP contribution < -0.4 is 0 Å². The van der Waals surface area contributed by atoms with Crippen LogP contribution in [0.25, 0.3) is 0 Å². The summed E-state index contributed by atoms with van der Waals surface area (Å²) in [5.74, 6) is 1.00. The number of ether oxygens (including phenoxy) is 1. The zero-order chi connectivity index (χ0) is 14.7. The Morgan fingerprint density at radius 3 is 2.21 bits per heavy atom. The lowest BCUT2D eigenvalue weighted by molar-refractivity contribution is 0.0323. The van der Waals surface area contributed by atoms with Crippen LogP contribution in [0.15, 0.2) is 24.1 Å². The van der Waals surface area contributed by atoms with Gasteiger partial charge in [0.15, 0.2) is 5.88 Å². The lowest BCUT2D eigenvalue weighted by atomic mass is 10.2. The predicted octanol–water partition coefficient (Wildman–Crippen LogP) is 3.76. The van der Waals surface area contributed by atoms with E-state index in [1.165, 1.54) is 0 Å². The van der Waals surface area contributed by atoms with Crippen LogP contribution in [0.5, 0.6) is 0 Å². The molecule has 110 valence electrons. The van der Waals surface area contributed by atoms with Crippen molar-refractivity contribution < 1.29 is 9.16 Å². The Labute approximate surface area is 119 Å². The van der Waals surface area contributed by atoms with Crippen LogP contribution in [0.4, 0.5) is 0 Å². The van der Waals surface area contributed by atoms with Gasteiger partial charge in [-0.05, 0) is 25.1 Å². The van der Waals surface area contributed by atoms with Crippen molar-refractivity contribution >= 4 is 8.32 Å². The molecular formula is C15H29NO2Si. The molecule has 1 saturated heterocycles. The van der Waals surface area contributed by atoms with E-state index in [2.05, 4.69) is 52.3 Å². The van der Waals surface area contributed by atoms with E-state index in [1.807, 2.05) is 6.08 Å². The number of hydrogen-bond acceptors (Lipinski definition) is 3. The molecule has 0 aromatic heterocycles. The third-order valence-corrected chi connectivity index (χ3v) is 8.42. The first-order valence-electron chi connectivity index (χ1n) is 7.04. The van der Waals surface area contributed by atoms with Crippen LogP contribution in [-0.4, -0.2) is 39.5 Å². The third-order valence-electron chi connectivity index (χ3n) is 4.10. The van der Waals surface area contributed by atoms with Crippen LogP contribution in [0.3, 0.4) is 0 Å². The first kappa shape index (κ1) is 16.3. The molecule has 0 spiro atoms. The van der Waals surface area contributed by atoms with Crippen molar-refractivity contribution in [2.24, 2.45) is 0 Å². The van der Waals surface area contributed by atoms with Gasteiger partial charge in [0.2, 0.25) is 0 Å². The van der Waals surface area contributed by atoms with Crippen LogP contribution in [0.1, 0.15) is 27.7 Å². The molecule has 19 heavy (non-hydrogen) atoms. The van der Waals surface area contributed by atoms with E-state index in [1.54, 1.807) is 0 Å². The maximum Gasteiger partial charge on any atom is 0.252 e. The highest BCUT2D eigenvalue weighted by atomic mass is 28.4. The van der Waals surface area contributed by atoms with Gasteiger partial charge in [0, 0.05) is 18.7 Å². The number of allylic oxidation sites excluding steroid dienone is 2. The van der Waals surface area contributed by atoms with Crippen LogP contribution in [-0.2, 0) is 9.16 Å². The minimum Gasteiger partial charge on any atom is -0.532 e. The van der Waals surface area contributed by atoms with Crippen molar-refractivity contribution in [3.63, 3.8) is 0 Å². The SMILES string of the molecule is C=C/C(C)=C(/O[Si](C)(C)C(C)(C)C)N1CCOCC1. The lowest BCUT2D eigenvalue weighted by Gasteiger charge is -2.41. The van der Waals surface area contributed by atoms with Gasteiger partial charge in [-0.25, -0.2) is 0 Å². The Morgan fingerprint density at radius 2 is 1.79 bits per heavy atom. The summed E-state index contributed by atoms with van der Waals surface area (Å²) in [6.45, 7) is 20.7. The fourth-order valence-electron chi connectivity index (χ4n) is 1.64. The summed E-state index contributed by atoms with van der Waals surface area (Å²) in [6.07, 6.45) is 1.89. The van der Waals surface area contributed by atoms with Crippen molar-refractivity contribution in [2.75, 3.05) is 26.3 Å². The second-order valence-corrected chi connectivity index (χ2v) is 11.4. The van der Waals surface area contributed by atoms with Gasteiger partial charge in [0.25, 0.3) is 8.32 Å². The van der Waals surface area contributed by atoms with Crippen LogP contribution in [0.2, 0.25) is 18.1 Å². The highest BCUT2D eigenvalue weighted by Gasteiger charge is 2.40. The maximum absolute atomic E-state index is 6.51. The number of rotatable bonds is 4. The highest BCUT2D eigenvalue weighted by molar-refractivity contribution is 6.74. The third kappa shape index (κ3) is 4.11. The minimum atomic E-state index is -1.82. The monoisotopic (exact) mass is 283 g/mol. The van der Waals surface area contributed by atoms with Gasteiger partial charge in [-0.2, -0.15) is 0 Å². The molecule has 0 aromatic carbocycles. The molecule has 1 heterocycles. The van der Waals surface area contributed by atoms with E-state index in [-0.39, 0.29) is 5.04 Å². The molecule has 0 radical (unpaired) electrons. The molecule has 1 aliphatic heterocycles. The standard InChI is InChI=1S/C15H29NO2Si/c1-8-13(2)14(16-9-11-17-12-10-16)18-19(6,7)15(3,4)5/h8H,1,9-12H2,2-7H3/b14-13+. The van der Waals surface area contributed by atoms with Gasteiger partial charge < -0.3 is 14.1 Å². The van der Waals surface area contributed by atoms with Crippen LogP contribution >= 0.6 is 0 Å². The Hall–Kier alpha value is -0.743. The van der Waals surface area contributed by atoms with E-state index < -0.39 is 8.32 Å². The fraction of sp³-hybridized carbons (Fsp3) is 0.733. The average Bonchev–Trinajstić information content (AvgIpc) is 2.35. The second kappa shape index (κ2) is 6.14. The Morgan fingerprint density at radius 1 is 1.26 bits per heavy atom. The zero-order valence-corrected chi connectivity index (χ0v) is 14.4. The van der Waals surface area contributed by atoms with Crippen LogP contribution in [0, 0.1) is 0 Å². The molecule has 1 fully saturated rings. The summed E-state index contributed by atoms with van der Waals surface area (Å²) in [7, 11) is -1.82. The van der Waals surface area contributed by atoms with Crippen molar-refractivity contribution in [2.45, 2.75) is 45.8 Å². The van der Waals surface area contributed by atoms with E-state index in [4.69, 9.17) is 9.16 Å². The zero-order valence-electron chi connectivity index (χ0n) is 13.4. The molecule has 0 unspecified atom stereocenters. The molecule has 0 saturated carbocycles. The quantitative estimate of drug-likeness (QED) is 0.445. The van der Waals surface area contributed by atoms with Gasteiger partial charge >= 0.3 is 0 Å². The topological polar surface area (TPSA) is 21.7 Å². The summed E-state index contributed by atoms with van der Waals surface area (Å²) in [4.78, 5) is 2.29. The Balaban J connectivity index is 2.97. The summed E-state index contributed by atoms with van der Waals surface area (Å²) < 4.78 is 11.9. The smallest absolute Gasteiger partial charge is 0.252 e. The molecule has 0 aliphatic carbocycles. The number of morpholine rings is 1. The fourth-order valence-corrected chi connectivity index (χ4v) is 2.72. The number of nitrogens with zero attached hydrogens (tertiary/aromatic N) is 1. The van der Waals surface area contributed by atoms with Gasteiger partial charge in [-0.1, -0.05) is 33.4 Å². The molecule has 0 atom stereocenters. The van der Waals surface area contributed by atoms with E-state index in [9.17, 15) is 0 Å². The Kier molecular flexibility index (Phi) is 5.27. The average molecular weight is 283 g/mol. The lowest BCUT2D eigenvalue weighted by Crippen LogP contribution is -2.45. The molecule has 3 nitrogen and oxygen atoms in total. The normalized spacial score (nSPS) is 18.9. The molecule has 4 heteroatoms. The second-order valence-electron chi connectivity index (χ2n) is 6.65. The van der Waals surface area contributed by atoms with Gasteiger partial charge in [-0.15, -0.1) is 0 Å². The minimum absolute atomic E-state index is 0.200. The molecule has 0 amide bonds. The van der Waals surface area contributed by atoms with Gasteiger partial charge in [0.05, 0.1) is 13.2 Å². The van der Waals surface area contributed by atoms with Crippen molar-refractivity contribution in [1.82, 2.24) is 4.90 Å². The van der Waals surface area contributed by atoms with Crippen molar-refractivity contribution in [3.8, 4) is 0 Å². The molecule has 0 aromatic rings. The number of hydrogen-bond donors (Lipinski definition) is 0. The predicted molar refractivity (Wildman–Crippen MR) is 83.6 cm³/mol. The summed E-state index contributed by atoms with van der Waals surface area (Å²) in [5.41, 5.74) is 1.12. The highest BCUT2D eigenvalue weighted by Crippen LogP contribution is 2.38. The first-order chi connectivity index (χ1) is 8.69. The molecular weight excluding hydrogens is 254 g/mol. The van der Waals surface area contributed by atoms with E-state index in [0.29, 0.717) is 0 Å². The molecule has 1 aliphatic rings. The molecule has 0 bridgehead atoms. The van der Waals surface area contributed by atoms with E-state index in [0.717, 1.165) is 37.8 Å². The molecule has 1 rings (SSSR count). The largest absolute Gasteiger partial charge is 0.532 e. The van der Waals surface area contributed by atoms with Crippen molar-refractivity contribution in [3.05, 3.63) is 24.1 Å². The van der Waals surface area contributed by atoms with Gasteiger partial charge in [-0.3, -0.25) is 0 Å². The Bertz CT molecular complexity index is 350. The summed E-state index contributed by atoms with van der Waals surface area (Å²) in [5, 5.41) is 0.200.